The summed E-state index contributed by atoms with van der Waals surface area (Å²) in [5.41, 5.74) is 3.75. The molecule has 0 fully saturated rings. The molecule has 0 aromatic heterocycles. The van der Waals surface area contributed by atoms with Crippen LogP contribution in [-0.4, -0.2) is 26.4 Å². The summed E-state index contributed by atoms with van der Waals surface area (Å²) >= 11 is 0. The van der Waals surface area contributed by atoms with E-state index in [1.54, 1.807) is 7.11 Å². The van der Waals surface area contributed by atoms with E-state index in [2.05, 4.69) is 52.1 Å². The zero-order chi connectivity index (χ0) is 15.8. The largest absolute Gasteiger partial charge is 0.496 e. The van der Waals surface area contributed by atoms with E-state index in [0.29, 0.717) is 0 Å². The van der Waals surface area contributed by atoms with E-state index in [4.69, 9.17) is 9.47 Å². The molecule has 1 aromatic rings. The Bertz CT molecular complexity index is 425. The van der Waals surface area contributed by atoms with Crippen molar-refractivity contribution in [2.75, 3.05) is 20.3 Å². The summed E-state index contributed by atoms with van der Waals surface area (Å²) in [7, 11) is 1.73. The van der Waals surface area contributed by atoms with E-state index in [0.717, 1.165) is 31.7 Å². The molecule has 21 heavy (non-hydrogen) atoms. The molecule has 0 aliphatic rings. The number of aryl methyl sites for hydroxylation is 2. The van der Waals surface area contributed by atoms with Gasteiger partial charge in [0.15, 0.2) is 0 Å². The molecule has 0 spiro atoms. The maximum atomic E-state index is 6.01. The lowest BCUT2D eigenvalue weighted by atomic mass is 9.92. The van der Waals surface area contributed by atoms with Crippen LogP contribution in [0.1, 0.15) is 56.3 Å². The van der Waals surface area contributed by atoms with E-state index in [-0.39, 0.29) is 12.1 Å². The molecule has 3 heteroatoms. The molecule has 120 valence electrons. The van der Waals surface area contributed by atoms with Gasteiger partial charge in [-0.3, -0.25) is 0 Å². The standard InChI is InChI=1S/C18H31NO2/c1-7-10-16(21-9-3)18(19-8-2)15-11-14(5)17(20-6)12-13(15)4/h11-12,16,18-19H,7-10H2,1-6H3. The fourth-order valence-corrected chi connectivity index (χ4v) is 2.87. The van der Waals surface area contributed by atoms with Crippen LogP contribution in [0.15, 0.2) is 12.1 Å². The lowest BCUT2D eigenvalue weighted by Crippen LogP contribution is -2.34. The lowest BCUT2D eigenvalue weighted by Gasteiger charge is -2.29. The van der Waals surface area contributed by atoms with Crippen molar-refractivity contribution in [3.8, 4) is 5.75 Å². The fraction of sp³-hybridized carbons (Fsp3) is 0.667. The van der Waals surface area contributed by atoms with Gasteiger partial charge >= 0.3 is 0 Å². The molecule has 0 amide bonds. The molecule has 1 rings (SSSR count). The summed E-state index contributed by atoms with van der Waals surface area (Å²) in [6, 6.07) is 4.60. The second-order valence-electron chi connectivity index (χ2n) is 5.50. The molecule has 0 aliphatic heterocycles. The Kier molecular flexibility index (Phi) is 7.76. The minimum Gasteiger partial charge on any atom is -0.496 e. The van der Waals surface area contributed by atoms with Crippen molar-refractivity contribution in [3.05, 3.63) is 28.8 Å². The SMILES string of the molecule is CCCC(OCC)C(NCC)c1cc(C)c(OC)cc1C. The molecule has 0 aliphatic carbocycles. The number of rotatable bonds is 9. The molecule has 2 atom stereocenters. The maximum absolute atomic E-state index is 6.01. The third-order valence-corrected chi connectivity index (χ3v) is 3.87. The van der Waals surface area contributed by atoms with E-state index < -0.39 is 0 Å². The Hall–Kier alpha value is -1.06. The van der Waals surface area contributed by atoms with Crippen molar-refractivity contribution in [1.82, 2.24) is 5.32 Å². The number of ether oxygens (including phenoxy) is 2. The van der Waals surface area contributed by atoms with Crippen LogP contribution in [0.25, 0.3) is 0 Å². The summed E-state index contributed by atoms with van der Waals surface area (Å²) in [6.45, 7) is 12.4. The van der Waals surface area contributed by atoms with Crippen molar-refractivity contribution in [1.29, 1.82) is 0 Å². The van der Waals surface area contributed by atoms with Crippen molar-refractivity contribution >= 4 is 0 Å². The molecule has 0 saturated carbocycles. The summed E-state index contributed by atoms with van der Waals surface area (Å²) in [6.07, 6.45) is 2.41. The molecule has 0 saturated heterocycles. The highest BCUT2D eigenvalue weighted by Crippen LogP contribution is 2.30. The van der Waals surface area contributed by atoms with E-state index in [9.17, 15) is 0 Å². The number of hydrogen-bond donors (Lipinski definition) is 1. The van der Waals surface area contributed by atoms with Crippen molar-refractivity contribution < 1.29 is 9.47 Å². The molecule has 3 nitrogen and oxygen atoms in total. The fourth-order valence-electron chi connectivity index (χ4n) is 2.87. The quantitative estimate of drug-likeness (QED) is 0.741. The second kappa shape index (κ2) is 9.06. The number of nitrogens with one attached hydrogen (secondary N) is 1. The molecule has 2 unspecified atom stereocenters. The smallest absolute Gasteiger partial charge is 0.122 e. The number of hydrogen-bond acceptors (Lipinski definition) is 3. The van der Waals surface area contributed by atoms with Crippen LogP contribution in [-0.2, 0) is 4.74 Å². The average Bonchev–Trinajstić information content (AvgIpc) is 2.47. The van der Waals surface area contributed by atoms with Gasteiger partial charge in [-0.05, 0) is 56.5 Å². The van der Waals surface area contributed by atoms with Crippen molar-refractivity contribution in [2.45, 2.75) is 59.6 Å². The van der Waals surface area contributed by atoms with Crippen LogP contribution in [0.4, 0.5) is 0 Å². The molecular formula is C18H31NO2. The minimum absolute atomic E-state index is 0.214. The minimum atomic E-state index is 0.214. The van der Waals surface area contributed by atoms with Gasteiger partial charge in [0, 0.05) is 6.61 Å². The number of methoxy groups -OCH3 is 1. The first-order valence-corrected chi connectivity index (χ1v) is 8.09. The van der Waals surface area contributed by atoms with Gasteiger partial charge in [-0.15, -0.1) is 0 Å². The lowest BCUT2D eigenvalue weighted by molar-refractivity contribution is 0.0278. The molecule has 0 radical (unpaired) electrons. The summed E-state index contributed by atoms with van der Waals surface area (Å²) in [5, 5.41) is 3.61. The van der Waals surface area contributed by atoms with Crippen LogP contribution in [0.5, 0.6) is 5.75 Å². The van der Waals surface area contributed by atoms with E-state index in [1.165, 1.54) is 16.7 Å². The van der Waals surface area contributed by atoms with Crippen molar-refractivity contribution in [3.63, 3.8) is 0 Å². The molecule has 1 aromatic carbocycles. The topological polar surface area (TPSA) is 30.5 Å². The zero-order valence-electron chi connectivity index (χ0n) is 14.5. The van der Waals surface area contributed by atoms with Gasteiger partial charge in [0.2, 0.25) is 0 Å². The summed E-state index contributed by atoms with van der Waals surface area (Å²) < 4.78 is 11.4. The number of benzene rings is 1. The zero-order valence-corrected chi connectivity index (χ0v) is 14.5. The van der Waals surface area contributed by atoms with Crippen LogP contribution < -0.4 is 10.1 Å². The molecule has 0 bridgehead atoms. The predicted molar refractivity (Wildman–Crippen MR) is 89.2 cm³/mol. The van der Waals surface area contributed by atoms with E-state index >= 15 is 0 Å². The van der Waals surface area contributed by atoms with Crippen LogP contribution in [0.3, 0.4) is 0 Å². The van der Waals surface area contributed by atoms with Gasteiger partial charge in [0.1, 0.15) is 5.75 Å². The number of likely N-dealkylation sites (N-methyl/N-ethyl adjacent to an activating group) is 1. The highest BCUT2D eigenvalue weighted by Gasteiger charge is 2.24. The Labute approximate surface area is 130 Å². The van der Waals surface area contributed by atoms with Crippen LogP contribution in [0, 0.1) is 13.8 Å². The molecule has 0 heterocycles. The highest BCUT2D eigenvalue weighted by atomic mass is 16.5. The van der Waals surface area contributed by atoms with Crippen molar-refractivity contribution in [2.24, 2.45) is 0 Å². The normalized spacial score (nSPS) is 14.0. The Morgan fingerprint density at radius 1 is 1.10 bits per heavy atom. The maximum Gasteiger partial charge on any atom is 0.122 e. The second-order valence-corrected chi connectivity index (χ2v) is 5.50. The van der Waals surface area contributed by atoms with Gasteiger partial charge < -0.3 is 14.8 Å². The van der Waals surface area contributed by atoms with Gasteiger partial charge in [-0.1, -0.05) is 26.3 Å². The van der Waals surface area contributed by atoms with Gasteiger partial charge in [0.05, 0.1) is 19.3 Å². The first-order valence-electron chi connectivity index (χ1n) is 8.09. The summed E-state index contributed by atoms with van der Waals surface area (Å²) in [4.78, 5) is 0. The first-order chi connectivity index (χ1) is 10.1. The highest BCUT2D eigenvalue weighted by molar-refractivity contribution is 5.43. The first kappa shape index (κ1) is 18.0. The summed E-state index contributed by atoms with van der Waals surface area (Å²) in [5.74, 6) is 0.954. The van der Waals surface area contributed by atoms with Gasteiger partial charge in [-0.2, -0.15) is 0 Å². The van der Waals surface area contributed by atoms with Crippen LogP contribution in [0.2, 0.25) is 0 Å². The molecule has 1 N–H and O–H groups in total. The third-order valence-electron chi connectivity index (χ3n) is 3.87. The average molecular weight is 293 g/mol. The Balaban J connectivity index is 3.17. The predicted octanol–water partition coefficient (Wildman–Crippen LogP) is 4.17. The van der Waals surface area contributed by atoms with Crippen LogP contribution >= 0.6 is 0 Å². The third kappa shape index (κ3) is 4.72. The van der Waals surface area contributed by atoms with Gasteiger partial charge in [0.25, 0.3) is 0 Å². The van der Waals surface area contributed by atoms with Gasteiger partial charge in [-0.25, -0.2) is 0 Å². The Morgan fingerprint density at radius 3 is 2.33 bits per heavy atom. The molecular weight excluding hydrogens is 262 g/mol. The van der Waals surface area contributed by atoms with E-state index in [1.807, 2.05) is 0 Å². The monoisotopic (exact) mass is 293 g/mol. The Morgan fingerprint density at radius 2 is 1.81 bits per heavy atom.